The molecule has 11 heteroatoms. The van der Waals surface area contributed by atoms with Gasteiger partial charge in [0.1, 0.15) is 5.82 Å². The zero-order valence-corrected chi connectivity index (χ0v) is 19.7. The number of carbonyl (C=O) groups excluding carboxylic acids is 2. The van der Waals surface area contributed by atoms with Crippen LogP contribution in [0.5, 0.6) is 0 Å². The molecule has 0 aliphatic carbocycles. The maximum absolute atomic E-state index is 12.9. The van der Waals surface area contributed by atoms with Gasteiger partial charge in [-0.05, 0) is 6.92 Å². The molecule has 1 aliphatic heterocycles. The van der Waals surface area contributed by atoms with E-state index in [2.05, 4.69) is 9.88 Å². The Balaban J connectivity index is 1.97. The van der Waals surface area contributed by atoms with E-state index in [9.17, 15) is 19.2 Å². The predicted octanol–water partition coefficient (Wildman–Crippen LogP) is 0.323. The Morgan fingerprint density at radius 1 is 1.03 bits per heavy atom. The van der Waals surface area contributed by atoms with Crippen molar-refractivity contribution in [3.63, 3.8) is 0 Å². The Morgan fingerprint density at radius 2 is 1.66 bits per heavy atom. The Kier molecular flexibility index (Phi) is 6.59. The summed E-state index contributed by atoms with van der Waals surface area (Å²) < 4.78 is 9.07. The summed E-state index contributed by atoms with van der Waals surface area (Å²) in [6, 6.07) is 0. The first-order chi connectivity index (χ1) is 15.0. The number of fused-ring (bicyclic) bond motifs is 1. The molecule has 0 unspecified atom stereocenters. The molecule has 3 rings (SSSR count). The number of piperazine rings is 1. The number of ketones is 1. The molecule has 1 amide bonds. The summed E-state index contributed by atoms with van der Waals surface area (Å²) in [6.45, 7) is 10.2. The van der Waals surface area contributed by atoms with Gasteiger partial charge < -0.3 is 14.2 Å². The lowest BCUT2D eigenvalue weighted by atomic mass is 9.91. The molecule has 1 fully saturated rings. The highest BCUT2D eigenvalue weighted by atomic mass is 16.6. The molecule has 1 saturated heterocycles. The van der Waals surface area contributed by atoms with Crippen molar-refractivity contribution in [2.24, 2.45) is 19.5 Å². The Bertz CT molecular complexity index is 1140. The fourth-order valence-corrected chi connectivity index (χ4v) is 3.67. The molecule has 0 N–H and O–H groups in total. The lowest BCUT2D eigenvalue weighted by Gasteiger charge is -2.33. The number of amides is 1. The lowest BCUT2D eigenvalue weighted by molar-refractivity contribution is -0.126. The van der Waals surface area contributed by atoms with Crippen molar-refractivity contribution in [2.75, 3.05) is 32.8 Å². The summed E-state index contributed by atoms with van der Waals surface area (Å²) in [5.74, 6) is 0.501. The summed E-state index contributed by atoms with van der Waals surface area (Å²) in [7, 11) is 2.98. The summed E-state index contributed by atoms with van der Waals surface area (Å²) in [4.78, 5) is 58.5. The summed E-state index contributed by atoms with van der Waals surface area (Å²) in [5.41, 5.74) is -1.03. The van der Waals surface area contributed by atoms with Gasteiger partial charge >= 0.3 is 11.8 Å². The van der Waals surface area contributed by atoms with Crippen LogP contribution in [0.15, 0.2) is 9.59 Å². The van der Waals surface area contributed by atoms with Crippen molar-refractivity contribution in [3.8, 4) is 0 Å². The summed E-state index contributed by atoms with van der Waals surface area (Å²) >= 11 is 0. The van der Waals surface area contributed by atoms with E-state index in [1.807, 2.05) is 20.8 Å². The van der Waals surface area contributed by atoms with Gasteiger partial charge in [0.15, 0.2) is 16.9 Å². The van der Waals surface area contributed by atoms with Gasteiger partial charge in [-0.25, -0.2) is 14.6 Å². The quantitative estimate of drug-likeness (QED) is 0.648. The van der Waals surface area contributed by atoms with Crippen LogP contribution in [0.3, 0.4) is 0 Å². The standard InChI is InChI=1S/C21H32N6O5/c1-7-32-20(31)26-10-8-25(9-11-26)13-15-22-17-16(18(29)24(6)19(30)23(17)5)27(15)12-14(28)21(2,3)4/h7-13H2,1-6H3. The average Bonchev–Trinajstić information content (AvgIpc) is 3.08. The van der Waals surface area contributed by atoms with Crippen LogP contribution in [0, 0.1) is 5.41 Å². The van der Waals surface area contributed by atoms with E-state index >= 15 is 0 Å². The number of nitrogens with zero attached hydrogens (tertiary/aromatic N) is 6. The topological polar surface area (TPSA) is 112 Å². The monoisotopic (exact) mass is 448 g/mol. The van der Waals surface area contributed by atoms with Crippen LogP contribution in [-0.2, 0) is 36.7 Å². The maximum Gasteiger partial charge on any atom is 0.409 e. The predicted molar refractivity (Wildman–Crippen MR) is 119 cm³/mol. The molecule has 2 aromatic rings. The van der Waals surface area contributed by atoms with E-state index < -0.39 is 16.7 Å². The molecule has 0 saturated carbocycles. The average molecular weight is 449 g/mol. The largest absolute Gasteiger partial charge is 0.450 e. The number of ether oxygens (including phenoxy) is 1. The van der Waals surface area contributed by atoms with E-state index in [1.54, 1.807) is 23.4 Å². The van der Waals surface area contributed by atoms with Gasteiger partial charge in [-0.15, -0.1) is 0 Å². The third kappa shape index (κ3) is 4.47. The fourth-order valence-electron chi connectivity index (χ4n) is 3.67. The second-order valence-corrected chi connectivity index (χ2v) is 9.13. The molecule has 176 valence electrons. The number of hydrogen-bond donors (Lipinski definition) is 0. The minimum atomic E-state index is -0.592. The van der Waals surface area contributed by atoms with Crippen LogP contribution in [0.4, 0.5) is 4.79 Å². The number of Topliss-reactive ketones (excluding diaryl/α,β-unsaturated/α-hetero) is 1. The van der Waals surface area contributed by atoms with Crippen LogP contribution in [0.2, 0.25) is 0 Å². The maximum atomic E-state index is 12.9. The molecule has 32 heavy (non-hydrogen) atoms. The summed E-state index contributed by atoms with van der Waals surface area (Å²) in [5, 5.41) is 0. The highest BCUT2D eigenvalue weighted by molar-refractivity contribution is 5.85. The first kappa shape index (κ1) is 23.7. The number of rotatable bonds is 5. The number of aromatic nitrogens is 4. The van der Waals surface area contributed by atoms with E-state index in [0.29, 0.717) is 45.2 Å². The van der Waals surface area contributed by atoms with Crippen LogP contribution in [-0.4, -0.2) is 73.1 Å². The van der Waals surface area contributed by atoms with E-state index in [4.69, 9.17) is 4.74 Å². The molecule has 2 aromatic heterocycles. The van der Waals surface area contributed by atoms with Crippen molar-refractivity contribution < 1.29 is 14.3 Å². The van der Waals surface area contributed by atoms with Gasteiger partial charge in [-0.1, -0.05) is 20.8 Å². The van der Waals surface area contributed by atoms with Gasteiger partial charge in [-0.2, -0.15) is 0 Å². The van der Waals surface area contributed by atoms with Gasteiger partial charge in [0.2, 0.25) is 0 Å². The van der Waals surface area contributed by atoms with Crippen LogP contribution < -0.4 is 11.2 Å². The number of carbonyl (C=O) groups is 2. The van der Waals surface area contributed by atoms with Crippen molar-refractivity contribution in [2.45, 2.75) is 40.8 Å². The minimum Gasteiger partial charge on any atom is -0.450 e. The zero-order chi connectivity index (χ0) is 23.8. The number of hydrogen-bond acceptors (Lipinski definition) is 7. The molecule has 11 nitrogen and oxygen atoms in total. The molecular weight excluding hydrogens is 416 g/mol. The molecule has 0 radical (unpaired) electrons. The van der Waals surface area contributed by atoms with Crippen molar-refractivity contribution in [1.82, 2.24) is 28.5 Å². The Hall–Kier alpha value is -2.95. The van der Waals surface area contributed by atoms with Crippen LogP contribution >= 0.6 is 0 Å². The Morgan fingerprint density at radius 3 is 2.22 bits per heavy atom. The molecule has 0 aromatic carbocycles. The second kappa shape index (κ2) is 8.89. The third-order valence-electron chi connectivity index (χ3n) is 5.83. The number of aryl methyl sites for hydroxylation is 1. The first-order valence-corrected chi connectivity index (χ1v) is 10.8. The Labute approximate surface area is 186 Å². The first-order valence-electron chi connectivity index (χ1n) is 10.8. The van der Waals surface area contributed by atoms with Crippen LogP contribution in [0.25, 0.3) is 11.2 Å². The summed E-state index contributed by atoms with van der Waals surface area (Å²) in [6.07, 6.45) is -0.325. The fraction of sp³-hybridized carbons (Fsp3) is 0.667. The normalized spacial score (nSPS) is 15.4. The van der Waals surface area contributed by atoms with Gasteiger partial charge in [0, 0.05) is 45.7 Å². The third-order valence-corrected chi connectivity index (χ3v) is 5.83. The lowest BCUT2D eigenvalue weighted by Crippen LogP contribution is -2.48. The minimum absolute atomic E-state index is 0.00837. The second-order valence-electron chi connectivity index (χ2n) is 9.13. The highest BCUT2D eigenvalue weighted by Crippen LogP contribution is 2.20. The SMILES string of the molecule is CCOC(=O)N1CCN(Cc2nc3c(c(=O)n(C)c(=O)n3C)n2CC(=O)C(C)(C)C)CC1. The molecule has 3 heterocycles. The van der Waals surface area contributed by atoms with Crippen molar-refractivity contribution in [3.05, 3.63) is 26.7 Å². The van der Waals surface area contributed by atoms with E-state index in [0.717, 1.165) is 4.57 Å². The van der Waals surface area contributed by atoms with E-state index in [-0.39, 0.29) is 29.6 Å². The van der Waals surface area contributed by atoms with Crippen molar-refractivity contribution >= 4 is 23.0 Å². The molecular formula is C21H32N6O5. The molecule has 0 bridgehead atoms. The molecule has 0 spiro atoms. The molecule has 1 aliphatic rings. The molecule has 0 atom stereocenters. The smallest absolute Gasteiger partial charge is 0.409 e. The van der Waals surface area contributed by atoms with Crippen LogP contribution in [0.1, 0.15) is 33.5 Å². The highest BCUT2D eigenvalue weighted by Gasteiger charge is 2.28. The van der Waals surface area contributed by atoms with Gasteiger partial charge in [-0.3, -0.25) is 23.6 Å². The van der Waals surface area contributed by atoms with Gasteiger partial charge in [0.25, 0.3) is 5.56 Å². The van der Waals surface area contributed by atoms with E-state index in [1.165, 1.54) is 11.6 Å². The van der Waals surface area contributed by atoms with Crippen molar-refractivity contribution in [1.29, 1.82) is 0 Å². The number of imidazole rings is 1. The van der Waals surface area contributed by atoms with Gasteiger partial charge in [0.05, 0.1) is 19.7 Å². The zero-order valence-electron chi connectivity index (χ0n) is 19.7.